The number of piperazine rings is 1. The molecule has 1 N–H and O–H groups in total. The summed E-state index contributed by atoms with van der Waals surface area (Å²) in [4.78, 5) is 2.40. The van der Waals surface area contributed by atoms with Gasteiger partial charge in [0.05, 0.1) is 0 Å². The minimum Gasteiger partial charge on any atom is -0.314 e. The van der Waals surface area contributed by atoms with Crippen molar-refractivity contribution in [1.29, 1.82) is 0 Å². The van der Waals surface area contributed by atoms with Crippen LogP contribution in [-0.2, 0) is 0 Å². The third-order valence-corrected chi connectivity index (χ3v) is 3.82. The quantitative estimate of drug-likeness (QED) is 0.886. The van der Waals surface area contributed by atoms with Crippen LogP contribution in [0.1, 0.15) is 31.4 Å². The minimum atomic E-state index is -0.203. The van der Waals surface area contributed by atoms with E-state index in [4.69, 9.17) is 11.6 Å². The highest BCUT2D eigenvalue weighted by Crippen LogP contribution is 2.31. The first-order chi connectivity index (χ1) is 8.72. The lowest BCUT2D eigenvalue weighted by atomic mass is 9.99. The monoisotopic (exact) mass is 342 g/mol. The first-order valence-corrected chi connectivity index (χ1v) is 7.00. The molecule has 6 heteroatoms. The zero-order valence-electron chi connectivity index (χ0n) is 11.6. The van der Waals surface area contributed by atoms with Gasteiger partial charge in [0.15, 0.2) is 0 Å². The van der Waals surface area contributed by atoms with Crippen LogP contribution < -0.4 is 5.32 Å². The Morgan fingerprint density at radius 2 is 1.95 bits per heavy atom. The van der Waals surface area contributed by atoms with Gasteiger partial charge in [0.2, 0.25) is 0 Å². The molecule has 0 amide bonds. The molecule has 2 rings (SSSR count). The van der Waals surface area contributed by atoms with E-state index >= 15 is 0 Å². The van der Waals surface area contributed by atoms with Gasteiger partial charge >= 0.3 is 0 Å². The minimum absolute atomic E-state index is 0. The molecule has 1 aromatic carbocycles. The summed E-state index contributed by atoms with van der Waals surface area (Å²) in [5.74, 6) is -0.203. The molecule has 0 spiro atoms. The molecule has 2 nitrogen and oxygen atoms in total. The van der Waals surface area contributed by atoms with Gasteiger partial charge < -0.3 is 5.32 Å². The van der Waals surface area contributed by atoms with Gasteiger partial charge in [-0.2, -0.15) is 0 Å². The Balaban J connectivity index is 0.00000180. The number of hydrogen-bond donors (Lipinski definition) is 1. The van der Waals surface area contributed by atoms with Crippen LogP contribution >= 0.6 is 36.4 Å². The van der Waals surface area contributed by atoms with Gasteiger partial charge in [-0.25, -0.2) is 4.39 Å². The molecule has 0 aromatic heterocycles. The van der Waals surface area contributed by atoms with E-state index in [0.717, 1.165) is 44.6 Å². The lowest BCUT2D eigenvalue weighted by molar-refractivity contribution is 0.164. The van der Waals surface area contributed by atoms with Crippen molar-refractivity contribution < 1.29 is 4.39 Å². The molecular formula is C14H22Cl3FN2. The number of nitrogens with zero attached hydrogens (tertiary/aromatic N) is 1. The average molecular weight is 344 g/mol. The fourth-order valence-corrected chi connectivity index (χ4v) is 2.82. The molecular weight excluding hydrogens is 322 g/mol. The molecule has 0 aliphatic carbocycles. The number of halogens is 4. The second-order valence-corrected chi connectivity index (χ2v) is 5.16. The molecule has 0 unspecified atom stereocenters. The topological polar surface area (TPSA) is 15.3 Å². The molecule has 1 saturated heterocycles. The smallest absolute Gasteiger partial charge is 0.123 e. The van der Waals surface area contributed by atoms with Crippen LogP contribution in [0.4, 0.5) is 4.39 Å². The van der Waals surface area contributed by atoms with Crippen LogP contribution in [0.2, 0.25) is 5.02 Å². The van der Waals surface area contributed by atoms with Crippen molar-refractivity contribution in [2.45, 2.75) is 25.8 Å². The summed E-state index contributed by atoms with van der Waals surface area (Å²) in [6.45, 7) is 6.14. The lowest BCUT2D eigenvalue weighted by Gasteiger charge is -2.35. The van der Waals surface area contributed by atoms with Gasteiger partial charge in [0, 0.05) is 37.2 Å². The van der Waals surface area contributed by atoms with Crippen LogP contribution in [-0.4, -0.2) is 31.1 Å². The van der Waals surface area contributed by atoms with Gasteiger partial charge in [-0.05, 0) is 30.2 Å². The van der Waals surface area contributed by atoms with Gasteiger partial charge in [0.1, 0.15) is 5.82 Å². The number of rotatable bonds is 4. The standard InChI is InChI=1S/C14H20ClFN2.2ClH/c1-2-3-14(18-8-6-17-7-9-18)12-10-11(16)4-5-13(12)15;;/h4-5,10,14,17H,2-3,6-9H2,1H3;2*1H/t14-;;/m1../s1. The second kappa shape index (κ2) is 9.80. The van der Waals surface area contributed by atoms with Gasteiger partial charge in [-0.1, -0.05) is 24.9 Å². The summed E-state index contributed by atoms with van der Waals surface area (Å²) in [5, 5.41) is 4.01. The summed E-state index contributed by atoms with van der Waals surface area (Å²) in [5.41, 5.74) is 0.931. The molecule has 20 heavy (non-hydrogen) atoms. The Bertz CT molecular complexity index is 398. The van der Waals surface area contributed by atoms with Crippen molar-refractivity contribution in [1.82, 2.24) is 10.2 Å². The first-order valence-electron chi connectivity index (χ1n) is 6.62. The van der Waals surface area contributed by atoms with E-state index in [9.17, 15) is 4.39 Å². The largest absolute Gasteiger partial charge is 0.314 e. The predicted octanol–water partition coefficient (Wildman–Crippen LogP) is 4.07. The van der Waals surface area contributed by atoms with E-state index in [1.54, 1.807) is 12.1 Å². The normalized spacial score (nSPS) is 16.9. The highest BCUT2D eigenvalue weighted by atomic mass is 35.5. The Kier molecular flexibility index (Phi) is 9.77. The Labute approximate surface area is 137 Å². The summed E-state index contributed by atoms with van der Waals surface area (Å²) in [6.07, 6.45) is 2.09. The van der Waals surface area contributed by atoms with E-state index in [2.05, 4.69) is 17.1 Å². The molecule has 1 atom stereocenters. The Morgan fingerprint density at radius 3 is 2.55 bits per heavy atom. The number of hydrogen-bond acceptors (Lipinski definition) is 2. The molecule has 1 heterocycles. The highest BCUT2D eigenvalue weighted by Gasteiger charge is 2.23. The van der Waals surface area contributed by atoms with Crippen molar-refractivity contribution in [2.75, 3.05) is 26.2 Å². The number of benzene rings is 1. The maximum atomic E-state index is 13.4. The molecule has 116 valence electrons. The van der Waals surface area contributed by atoms with Gasteiger partial charge in [-0.3, -0.25) is 4.90 Å². The summed E-state index contributed by atoms with van der Waals surface area (Å²) in [6, 6.07) is 4.91. The molecule has 0 saturated carbocycles. The Hall–Kier alpha value is -0.0600. The van der Waals surface area contributed by atoms with Crippen molar-refractivity contribution in [3.63, 3.8) is 0 Å². The zero-order chi connectivity index (χ0) is 13.0. The fourth-order valence-electron chi connectivity index (χ4n) is 2.57. The lowest BCUT2D eigenvalue weighted by Crippen LogP contribution is -2.45. The average Bonchev–Trinajstić information content (AvgIpc) is 2.40. The fraction of sp³-hybridized carbons (Fsp3) is 0.571. The van der Waals surface area contributed by atoms with Crippen molar-refractivity contribution in [2.24, 2.45) is 0 Å². The van der Waals surface area contributed by atoms with E-state index < -0.39 is 0 Å². The summed E-state index contributed by atoms with van der Waals surface area (Å²) >= 11 is 6.24. The van der Waals surface area contributed by atoms with Crippen molar-refractivity contribution in [3.8, 4) is 0 Å². The van der Waals surface area contributed by atoms with Crippen molar-refractivity contribution in [3.05, 3.63) is 34.6 Å². The molecule has 1 aliphatic heterocycles. The highest BCUT2D eigenvalue weighted by molar-refractivity contribution is 6.31. The van der Waals surface area contributed by atoms with E-state index in [1.807, 2.05) is 0 Å². The van der Waals surface area contributed by atoms with E-state index in [0.29, 0.717) is 5.02 Å². The third-order valence-electron chi connectivity index (χ3n) is 3.47. The van der Waals surface area contributed by atoms with Crippen LogP contribution in [0.5, 0.6) is 0 Å². The SMILES string of the molecule is CCC[C@H](c1cc(F)ccc1Cl)N1CCNCC1.Cl.Cl. The van der Waals surface area contributed by atoms with E-state index in [1.165, 1.54) is 6.07 Å². The summed E-state index contributed by atoms with van der Waals surface area (Å²) in [7, 11) is 0. The van der Waals surface area contributed by atoms with Crippen LogP contribution in [0.15, 0.2) is 18.2 Å². The van der Waals surface area contributed by atoms with E-state index in [-0.39, 0.29) is 36.7 Å². The van der Waals surface area contributed by atoms with Gasteiger partial charge in [0.25, 0.3) is 0 Å². The second-order valence-electron chi connectivity index (χ2n) is 4.76. The van der Waals surface area contributed by atoms with Crippen LogP contribution in [0.25, 0.3) is 0 Å². The summed E-state index contributed by atoms with van der Waals surface area (Å²) < 4.78 is 13.4. The maximum Gasteiger partial charge on any atom is 0.123 e. The van der Waals surface area contributed by atoms with Gasteiger partial charge in [-0.15, -0.1) is 24.8 Å². The molecule has 0 bridgehead atoms. The maximum absolute atomic E-state index is 13.4. The zero-order valence-corrected chi connectivity index (χ0v) is 14.0. The molecule has 1 fully saturated rings. The Morgan fingerprint density at radius 1 is 1.30 bits per heavy atom. The molecule has 1 aromatic rings. The first kappa shape index (κ1) is 19.9. The predicted molar refractivity (Wildman–Crippen MR) is 88.0 cm³/mol. The van der Waals surface area contributed by atoms with Crippen molar-refractivity contribution >= 4 is 36.4 Å². The van der Waals surface area contributed by atoms with Crippen LogP contribution in [0.3, 0.4) is 0 Å². The molecule has 1 aliphatic rings. The molecule has 0 radical (unpaired) electrons. The number of nitrogens with one attached hydrogen (secondary N) is 1. The van der Waals surface area contributed by atoms with Crippen LogP contribution in [0, 0.1) is 5.82 Å². The third kappa shape index (κ3) is 5.05.